The molecule has 0 unspecified atom stereocenters. The highest BCUT2D eigenvalue weighted by Gasteiger charge is 2.30. The van der Waals surface area contributed by atoms with Crippen LogP contribution in [0.3, 0.4) is 0 Å². The predicted octanol–water partition coefficient (Wildman–Crippen LogP) is 3.80. The highest BCUT2D eigenvalue weighted by Crippen LogP contribution is 2.33. The summed E-state index contributed by atoms with van der Waals surface area (Å²) >= 11 is 0. The van der Waals surface area contributed by atoms with Crippen molar-refractivity contribution in [3.05, 3.63) is 70.7 Å². The van der Waals surface area contributed by atoms with Gasteiger partial charge >= 0.3 is 0 Å². The Morgan fingerprint density at radius 3 is 2.58 bits per heavy atom. The summed E-state index contributed by atoms with van der Waals surface area (Å²) in [6.45, 7) is 2.49. The first-order valence-corrected chi connectivity index (χ1v) is 12.7. The van der Waals surface area contributed by atoms with E-state index in [0.29, 0.717) is 67.7 Å². The Bertz CT molecular complexity index is 1280. The van der Waals surface area contributed by atoms with E-state index in [1.165, 1.54) is 6.07 Å². The lowest BCUT2D eigenvalue weighted by Gasteiger charge is -2.32. The van der Waals surface area contributed by atoms with E-state index in [1.807, 2.05) is 33.9 Å². The lowest BCUT2D eigenvalue weighted by Crippen LogP contribution is -2.38. The second kappa shape index (κ2) is 10.4. The Kier molecular flexibility index (Phi) is 7.07. The van der Waals surface area contributed by atoms with Crippen molar-refractivity contribution in [1.82, 2.24) is 14.8 Å². The average molecular weight is 493 g/mol. The van der Waals surface area contributed by atoms with Gasteiger partial charge in [0.1, 0.15) is 5.82 Å². The first-order valence-electron chi connectivity index (χ1n) is 12.7. The molecule has 8 heteroatoms. The van der Waals surface area contributed by atoms with Crippen LogP contribution < -0.4 is 11.1 Å². The van der Waals surface area contributed by atoms with Crippen molar-refractivity contribution in [3.8, 4) is 0 Å². The lowest BCUT2D eigenvalue weighted by atomic mass is 9.88. The molecule has 1 saturated carbocycles. The fraction of sp³-hybridized carbons (Fsp3) is 0.429. The van der Waals surface area contributed by atoms with Crippen molar-refractivity contribution in [2.75, 3.05) is 26.8 Å². The molecule has 1 saturated heterocycles. The Hall–Kier alpha value is -3.23. The van der Waals surface area contributed by atoms with Crippen molar-refractivity contribution in [2.24, 2.45) is 5.73 Å². The van der Waals surface area contributed by atoms with E-state index in [1.54, 1.807) is 19.2 Å². The van der Waals surface area contributed by atoms with E-state index in [4.69, 9.17) is 10.5 Å². The molecule has 2 aromatic carbocycles. The Morgan fingerprint density at radius 2 is 1.89 bits per heavy atom. The molecule has 3 N–H and O–H groups in total. The maximum atomic E-state index is 14.5. The number of carbonyl (C=O) groups excluding carboxylic acids is 2. The summed E-state index contributed by atoms with van der Waals surface area (Å²) in [7, 11) is 1.64. The van der Waals surface area contributed by atoms with Gasteiger partial charge in [0.05, 0.1) is 12.2 Å². The molecule has 2 amide bonds. The third kappa shape index (κ3) is 4.88. The van der Waals surface area contributed by atoms with Crippen LogP contribution in [0.25, 0.3) is 10.9 Å². The van der Waals surface area contributed by atoms with E-state index in [2.05, 4.69) is 5.32 Å². The van der Waals surface area contributed by atoms with Gasteiger partial charge in [-0.2, -0.15) is 0 Å². The lowest BCUT2D eigenvalue weighted by molar-refractivity contribution is 0.0714. The number of piperidine rings is 1. The molecule has 0 radical (unpaired) electrons. The molecule has 1 aliphatic carbocycles. The number of nitrogens with two attached hydrogens (primary N) is 1. The molecular formula is C28H33FN4O3. The number of fused-ring (bicyclic) bond motifs is 1. The number of hydrogen-bond donors (Lipinski definition) is 2. The summed E-state index contributed by atoms with van der Waals surface area (Å²) in [6, 6.07) is 10.9. The van der Waals surface area contributed by atoms with Gasteiger partial charge in [-0.05, 0) is 60.9 Å². The highest BCUT2D eigenvalue weighted by molar-refractivity contribution is 6.15. The van der Waals surface area contributed by atoms with Gasteiger partial charge in [-0.3, -0.25) is 9.59 Å². The van der Waals surface area contributed by atoms with E-state index >= 15 is 0 Å². The number of carbonyl (C=O) groups is 2. The molecule has 0 bridgehead atoms. The monoisotopic (exact) mass is 492 g/mol. The molecular weight excluding hydrogens is 459 g/mol. The van der Waals surface area contributed by atoms with Crippen LogP contribution in [-0.4, -0.2) is 54.1 Å². The fourth-order valence-electron chi connectivity index (χ4n) is 5.17. The number of hydrogen-bond acceptors (Lipinski definition) is 4. The van der Waals surface area contributed by atoms with Gasteiger partial charge in [0, 0.05) is 62.0 Å². The van der Waals surface area contributed by atoms with Gasteiger partial charge < -0.3 is 25.3 Å². The Balaban J connectivity index is 1.41. The summed E-state index contributed by atoms with van der Waals surface area (Å²) in [6.07, 6.45) is 5.18. The van der Waals surface area contributed by atoms with Crippen molar-refractivity contribution < 1.29 is 18.7 Å². The third-order valence-corrected chi connectivity index (χ3v) is 7.35. The minimum absolute atomic E-state index is 0.0449. The van der Waals surface area contributed by atoms with Crippen LogP contribution in [-0.2, 0) is 17.8 Å². The Labute approximate surface area is 210 Å². The number of nitrogens with zero attached hydrogens (tertiary/aromatic N) is 2. The third-order valence-electron chi connectivity index (χ3n) is 7.35. The molecule has 3 aromatic rings. The maximum Gasteiger partial charge on any atom is 0.256 e. The first kappa shape index (κ1) is 24.5. The van der Waals surface area contributed by atoms with Gasteiger partial charge in [0.2, 0.25) is 0 Å². The zero-order valence-electron chi connectivity index (χ0n) is 20.6. The summed E-state index contributed by atoms with van der Waals surface area (Å²) in [5.74, 6) is -0.416. The number of ether oxygens (including phenoxy) is 1. The molecule has 0 spiro atoms. The maximum absolute atomic E-state index is 14.5. The van der Waals surface area contributed by atoms with Crippen LogP contribution in [0.5, 0.6) is 0 Å². The summed E-state index contributed by atoms with van der Waals surface area (Å²) in [5.41, 5.74) is 9.23. The number of benzene rings is 2. The van der Waals surface area contributed by atoms with Crippen molar-refractivity contribution in [1.29, 1.82) is 0 Å². The van der Waals surface area contributed by atoms with Gasteiger partial charge in [0.15, 0.2) is 0 Å². The summed E-state index contributed by atoms with van der Waals surface area (Å²) in [4.78, 5) is 28.7. The first-order chi connectivity index (χ1) is 17.5. The SMILES string of the molecule is COCCn1cc(C(=O)N2CCC(c3cc(CN)ccc3F)CC2)c2c(C(=O)NC3CC3)cccc21. The molecule has 7 nitrogen and oxygen atoms in total. The molecule has 1 aliphatic heterocycles. The van der Waals surface area contributed by atoms with Crippen molar-refractivity contribution in [3.63, 3.8) is 0 Å². The Morgan fingerprint density at radius 1 is 1.11 bits per heavy atom. The van der Waals surface area contributed by atoms with Crippen LogP contribution in [0.2, 0.25) is 0 Å². The molecule has 2 heterocycles. The molecule has 36 heavy (non-hydrogen) atoms. The van der Waals surface area contributed by atoms with Crippen molar-refractivity contribution >= 4 is 22.7 Å². The van der Waals surface area contributed by atoms with E-state index in [-0.39, 0.29) is 29.6 Å². The van der Waals surface area contributed by atoms with Crippen LogP contribution >= 0.6 is 0 Å². The van der Waals surface area contributed by atoms with Gasteiger partial charge in [-0.15, -0.1) is 0 Å². The number of rotatable bonds is 8. The smallest absolute Gasteiger partial charge is 0.256 e. The molecule has 0 atom stereocenters. The van der Waals surface area contributed by atoms with Crippen LogP contribution in [0.15, 0.2) is 42.6 Å². The zero-order valence-corrected chi connectivity index (χ0v) is 20.6. The molecule has 2 aliphatic rings. The topological polar surface area (TPSA) is 89.6 Å². The van der Waals surface area contributed by atoms with Crippen LogP contribution in [0.4, 0.5) is 4.39 Å². The number of amides is 2. The minimum atomic E-state index is -0.218. The summed E-state index contributed by atoms with van der Waals surface area (Å²) in [5, 5.41) is 3.74. The fourth-order valence-corrected chi connectivity index (χ4v) is 5.17. The van der Waals surface area contributed by atoms with E-state index < -0.39 is 0 Å². The largest absolute Gasteiger partial charge is 0.383 e. The van der Waals surface area contributed by atoms with Gasteiger partial charge in [-0.25, -0.2) is 4.39 Å². The standard InChI is InChI=1S/C28H33FN4O3/c1-36-14-13-33-17-23(26-21(3-2-4-25(26)33)27(34)31-20-6-7-20)28(35)32-11-9-19(10-12-32)22-15-18(16-30)5-8-24(22)29/h2-5,8,15,17,19-20H,6-7,9-14,16,30H2,1H3,(H,31,34). The van der Waals surface area contributed by atoms with Gasteiger partial charge in [0.25, 0.3) is 11.8 Å². The molecule has 1 aromatic heterocycles. The number of aromatic nitrogens is 1. The number of likely N-dealkylation sites (tertiary alicyclic amines) is 1. The van der Waals surface area contributed by atoms with E-state index in [0.717, 1.165) is 23.9 Å². The highest BCUT2D eigenvalue weighted by atomic mass is 19.1. The minimum Gasteiger partial charge on any atom is -0.383 e. The number of nitrogens with one attached hydrogen (secondary N) is 1. The average Bonchev–Trinajstić information content (AvgIpc) is 3.65. The molecule has 5 rings (SSSR count). The number of halogens is 1. The second-order valence-electron chi connectivity index (χ2n) is 9.80. The van der Waals surface area contributed by atoms with Crippen LogP contribution in [0, 0.1) is 5.82 Å². The van der Waals surface area contributed by atoms with Gasteiger partial charge in [-0.1, -0.05) is 18.2 Å². The van der Waals surface area contributed by atoms with Crippen molar-refractivity contribution in [2.45, 2.75) is 50.7 Å². The summed E-state index contributed by atoms with van der Waals surface area (Å²) < 4.78 is 21.8. The van der Waals surface area contributed by atoms with E-state index in [9.17, 15) is 14.0 Å². The second-order valence-corrected chi connectivity index (χ2v) is 9.80. The molecule has 190 valence electrons. The number of methoxy groups -OCH3 is 1. The quantitative estimate of drug-likeness (QED) is 0.501. The normalized spacial score (nSPS) is 16.5. The molecule has 2 fully saturated rings. The van der Waals surface area contributed by atoms with Crippen LogP contribution in [0.1, 0.15) is 63.4 Å². The predicted molar refractivity (Wildman–Crippen MR) is 136 cm³/mol. The zero-order chi connectivity index (χ0) is 25.2.